The van der Waals surface area contributed by atoms with Gasteiger partial charge in [0.25, 0.3) is 0 Å². The summed E-state index contributed by atoms with van der Waals surface area (Å²) in [5, 5.41) is 17.3. The molecule has 5 aromatic rings. The number of pyridine rings is 2. The van der Waals surface area contributed by atoms with E-state index in [9.17, 15) is 5.26 Å². The standard InChI is InChI=1S/C22H17N7/c1-15-11-21(25-14-16-7-8-20(24-13-16)28-10-4-9-26-28)29-19-6-3-2-5-18(19)27-22(29)17(15)12-23/h2-11,13,25H,14H2,1H3. The Morgan fingerprint density at radius 2 is 2.03 bits per heavy atom. The van der Waals surface area contributed by atoms with Gasteiger partial charge in [0.15, 0.2) is 11.5 Å². The molecule has 0 fully saturated rings. The molecule has 29 heavy (non-hydrogen) atoms. The van der Waals surface area contributed by atoms with Gasteiger partial charge in [0, 0.05) is 25.1 Å². The largest absolute Gasteiger partial charge is 0.367 e. The Balaban J connectivity index is 1.51. The van der Waals surface area contributed by atoms with Crippen molar-refractivity contribution in [2.45, 2.75) is 13.5 Å². The summed E-state index contributed by atoms with van der Waals surface area (Å²) in [6, 6.07) is 18.0. The Morgan fingerprint density at radius 1 is 1.14 bits per heavy atom. The number of nitriles is 1. The van der Waals surface area contributed by atoms with Crippen LogP contribution >= 0.6 is 0 Å². The quantitative estimate of drug-likeness (QED) is 0.513. The lowest BCUT2D eigenvalue weighted by molar-refractivity contribution is 0.843. The lowest BCUT2D eigenvalue weighted by Crippen LogP contribution is -2.07. The first-order valence-corrected chi connectivity index (χ1v) is 9.24. The predicted octanol–water partition coefficient (Wildman–Crippen LogP) is 3.86. The number of aromatic nitrogens is 5. The summed E-state index contributed by atoms with van der Waals surface area (Å²) in [5.74, 6) is 1.66. The van der Waals surface area contributed by atoms with Gasteiger partial charge in [-0.05, 0) is 48.4 Å². The van der Waals surface area contributed by atoms with Crippen molar-refractivity contribution >= 4 is 22.5 Å². The molecule has 0 atom stereocenters. The number of anilines is 1. The zero-order chi connectivity index (χ0) is 19.8. The smallest absolute Gasteiger partial charge is 0.157 e. The Hall–Kier alpha value is -4.18. The normalized spacial score (nSPS) is 11.0. The molecule has 5 rings (SSSR count). The van der Waals surface area contributed by atoms with Gasteiger partial charge in [0.05, 0.1) is 16.6 Å². The molecule has 0 aliphatic rings. The summed E-state index contributed by atoms with van der Waals surface area (Å²) < 4.78 is 3.73. The third-order valence-electron chi connectivity index (χ3n) is 4.91. The Bertz CT molecular complexity index is 1360. The monoisotopic (exact) mass is 379 g/mol. The number of imidazole rings is 1. The molecular weight excluding hydrogens is 362 g/mol. The number of benzene rings is 1. The van der Waals surface area contributed by atoms with Crippen LogP contribution in [0.4, 0.5) is 5.82 Å². The van der Waals surface area contributed by atoms with E-state index < -0.39 is 0 Å². The van der Waals surface area contributed by atoms with Crippen molar-refractivity contribution in [2.75, 3.05) is 5.32 Å². The van der Waals surface area contributed by atoms with Gasteiger partial charge in [-0.2, -0.15) is 10.4 Å². The van der Waals surface area contributed by atoms with Crippen molar-refractivity contribution in [1.82, 2.24) is 24.1 Å². The van der Waals surface area contributed by atoms with Gasteiger partial charge in [-0.3, -0.25) is 4.40 Å². The summed E-state index contributed by atoms with van der Waals surface area (Å²) >= 11 is 0. The van der Waals surface area contributed by atoms with E-state index in [1.807, 2.05) is 72.2 Å². The minimum absolute atomic E-state index is 0.594. The molecule has 0 radical (unpaired) electrons. The number of hydrogen-bond acceptors (Lipinski definition) is 5. The molecule has 4 aromatic heterocycles. The molecule has 7 heteroatoms. The molecule has 7 nitrogen and oxygen atoms in total. The Kier molecular flexibility index (Phi) is 3.96. The molecular formula is C22H17N7. The van der Waals surface area contributed by atoms with Crippen molar-refractivity contribution in [3.05, 3.63) is 83.8 Å². The van der Waals surface area contributed by atoms with Crippen molar-refractivity contribution in [3.63, 3.8) is 0 Å². The minimum atomic E-state index is 0.594. The van der Waals surface area contributed by atoms with Crippen LogP contribution in [0.15, 0.2) is 67.1 Å². The van der Waals surface area contributed by atoms with Gasteiger partial charge in [0.1, 0.15) is 11.9 Å². The zero-order valence-electron chi connectivity index (χ0n) is 15.7. The zero-order valence-corrected chi connectivity index (χ0v) is 15.7. The van der Waals surface area contributed by atoms with Crippen LogP contribution in [0.1, 0.15) is 16.7 Å². The van der Waals surface area contributed by atoms with Crippen molar-refractivity contribution in [3.8, 4) is 11.9 Å². The topological polar surface area (TPSA) is 83.8 Å². The van der Waals surface area contributed by atoms with Crippen molar-refractivity contribution < 1.29 is 0 Å². The molecule has 1 N–H and O–H groups in total. The fourth-order valence-electron chi connectivity index (χ4n) is 3.48. The fourth-order valence-corrected chi connectivity index (χ4v) is 3.48. The summed E-state index contributed by atoms with van der Waals surface area (Å²) in [4.78, 5) is 9.16. The molecule has 1 aromatic carbocycles. The highest BCUT2D eigenvalue weighted by Gasteiger charge is 2.14. The first kappa shape index (κ1) is 17.0. The summed E-state index contributed by atoms with van der Waals surface area (Å²) in [5.41, 5.74) is 5.03. The number of aryl methyl sites for hydroxylation is 1. The predicted molar refractivity (Wildman–Crippen MR) is 111 cm³/mol. The average Bonchev–Trinajstić information content (AvgIpc) is 3.41. The van der Waals surface area contributed by atoms with E-state index in [2.05, 4.69) is 26.5 Å². The number of fused-ring (bicyclic) bond motifs is 3. The van der Waals surface area contributed by atoms with Crippen LogP contribution in [0.5, 0.6) is 0 Å². The number of rotatable bonds is 4. The maximum absolute atomic E-state index is 9.61. The third kappa shape index (κ3) is 2.87. The average molecular weight is 379 g/mol. The van der Waals surface area contributed by atoms with Gasteiger partial charge in [-0.25, -0.2) is 14.6 Å². The second-order valence-electron chi connectivity index (χ2n) is 6.79. The molecule has 4 heterocycles. The molecule has 0 saturated carbocycles. The van der Waals surface area contributed by atoms with Crippen molar-refractivity contribution in [1.29, 1.82) is 5.26 Å². The van der Waals surface area contributed by atoms with Crippen LogP contribution in [0.3, 0.4) is 0 Å². The highest BCUT2D eigenvalue weighted by molar-refractivity contribution is 5.85. The number of hydrogen-bond donors (Lipinski definition) is 1. The van der Waals surface area contributed by atoms with E-state index in [1.54, 1.807) is 10.9 Å². The molecule has 0 bridgehead atoms. The molecule has 140 valence electrons. The lowest BCUT2D eigenvalue weighted by Gasteiger charge is -2.12. The van der Waals surface area contributed by atoms with Gasteiger partial charge < -0.3 is 5.32 Å². The molecule has 0 aliphatic heterocycles. The van der Waals surface area contributed by atoms with Crippen LogP contribution in [0, 0.1) is 18.3 Å². The van der Waals surface area contributed by atoms with Crippen LogP contribution in [0.2, 0.25) is 0 Å². The SMILES string of the molecule is Cc1cc(NCc2ccc(-n3cccn3)nc2)n2c(nc3ccccc32)c1C#N. The highest BCUT2D eigenvalue weighted by Crippen LogP contribution is 2.26. The number of nitrogens with zero attached hydrogens (tertiary/aromatic N) is 6. The van der Waals surface area contributed by atoms with E-state index in [1.165, 1.54) is 0 Å². The Morgan fingerprint density at radius 3 is 2.79 bits per heavy atom. The van der Waals surface area contributed by atoms with E-state index in [-0.39, 0.29) is 0 Å². The summed E-state index contributed by atoms with van der Waals surface area (Å²) in [6.45, 7) is 2.53. The van der Waals surface area contributed by atoms with Gasteiger partial charge >= 0.3 is 0 Å². The number of para-hydroxylation sites is 2. The van der Waals surface area contributed by atoms with Gasteiger partial charge in [0.2, 0.25) is 0 Å². The van der Waals surface area contributed by atoms with Crippen LogP contribution in [-0.2, 0) is 6.54 Å². The van der Waals surface area contributed by atoms with Crippen LogP contribution in [-0.4, -0.2) is 24.1 Å². The molecule has 0 aliphatic carbocycles. The van der Waals surface area contributed by atoms with E-state index in [4.69, 9.17) is 0 Å². The third-order valence-corrected chi connectivity index (χ3v) is 4.91. The van der Waals surface area contributed by atoms with E-state index in [0.29, 0.717) is 17.8 Å². The molecule has 0 amide bonds. The Labute approximate surface area is 166 Å². The van der Waals surface area contributed by atoms with Crippen LogP contribution < -0.4 is 5.32 Å². The first-order chi connectivity index (χ1) is 14.2. The van der Waals surface area contributed by atoms with Gasteiger partial charge in [-0.15, -0.1) is 0 Å². The van der Waals surface area contributed by atoms with E-state index in [0.717, 1.165) is 33.8 Å². The maximum Gasteiger partial charge on any atom is 0.157 e. The second-order valence-corrected chi connectivity index (χ2v) is 6.79. The summed E-state index contributed by atoms with van der Waals surface area (Å²) in [7, 11) is 0. The highest BCUT2D eigenvalue weighted by atomic mass is 15.3. The molecule has 0 unspecified atom stereocenters. The lowest BCUT2D eigenvalue weighted by atomic mass is 10.1. The maximum atomic E-state index is 9.61. The number of nitrogens with one attached hydrogen (secondary N) is 1. The molecule has 0 spiro atoms. The fraction of sp³-hybridized carbons (Fsp3) is 0.0909. The van der Waals surface area contributed by atoms with E-state index >= 15 is 0 Å². The molecule has 0 saturated heterocycles. The van der Waals surface area contributed by atoms with Crippen LogP contribution in [0.25, 0.3) is 22.5 Å². The van der Waals surface area contributed by atoms with Crippen molar-refractivity contribution in [2.24, 2.45) is 0 Å². The first-order valence-electron chi connectivity index (χ1n) is 9.24. The van der Waals surface area contributed by atoms with Gasteiger partial charge in [-0.1, -0.05) is 18.2 Å². The second kappa shape index (κ2) is 6.77. The minimum Gasteiger partial charge on any atom is -0.367 e. The summed E-state index contributed by atoms with van der Waals surface area (Å²) in [6.07, 6.45) is 5.43.